The molecule has 0 amide bonds. The van der Waals surface area contributed by atoms with Crippen LogP contribution in [0.2, 0.25) is 10.3 Å². The van der Waals surface area contributed by atoms with Crippen LogP contribution in [0, 0.1) is 0 Å². The van der Waals surface area contributed by atoms with E-state index in [0.29, 0.717) is 15.6 Å². The van der Waals surface area contributed by atoms with E-state index in [9.17, 15) is 4.79 Å². The van der Waals surface area contributed by atoms with Crippen LogP contribution in [0.1, 0.15) is 0 Å². The Morgan fingerprint density at radius 2 is 0.735 bits per heavy atom. The molecule has 2 rings (SSSR count). The van der Waals surface area contributed by atoms with Gasteiger partial charge in [0.25, 0.3) is 6.20 Å². The van der Waals surface area contributed by atoms with Gasteiger partial charge >= 0.3 is 11.1 Å². The van der Waals surface area contributed by atoms with E-state index in [-0.39, 0.29) is 17.5 Å². The smallest absolute Gasteiger partial charge is 0.343 e. The first-order chi connectivity index (χ1) is 38.2. The SMILES string of the molecule is COC(=O)COc1ccc(Cl)[n+](O)c1.Oc1ccc(Cl)nc1.[B][B]B(B([B])[B])B(B(B([B])[B])B([B])[B])B(B(B(B([B])[B])B([B])[B])B(B([B])[B])B([B])[B])B(B(B(B([B])[B])B([B])[B])B(B([B])[B])B([B])[B])B(B(B([B])[B])B([B])[B])B(B([B])[B])B([B])[B]. The molecule has 63 radical (unpaired) electrons. The Labute approximate surface area is 562 Å². The molecule has 2 aromatic heterocycles. The molecule has 2 heterocycles. The van der Waals surface area contributed by atoms with Gasteiger partial charge < -0.3 is 14.6 Å². The first-order valence-corrected chi connectivity index (χ1v) is 26.6. The first kappa shape index (κ1) is 84.7. The van der Waals surface area contributed by atoms with E-state index in [1.54, 1.807) is 0 Å². The van der Waals surface area contributed by atoms with Crippen molar-refractivity contribution in [2.45, 2.75) is 0 Å². The Kier molecular flexibility index (Phi) is 42.2. The molecular formula is C13H13B61Cl2N2O5+. The lowest BCUT2D eigenvalue weighted by Crippen LogP contribution is -2.97. The lowest BCUT2D eigenvalue weighted by Gasteiger charge is -2.59. The van der Waals surface area contributed by atoms with Crippen LogP contribution in [0.15, 0.2) is 36.7 Å². The number of carbonyl (C=O) groups excluding carboxylic acids is 1. The van der Waals surface area contributed by atoms with Crippen LogP contribution in [-0.4, -0.2) is 467 Å². The Morgan fingerprint density at radius 1 is 0.458 bits per heavy atom. The lowest BCUT2D eigenvalue weighted by molar-refractivity contribution is -0.903. The zero-order valence-electron chi connectivity index (χ0n) is 46.7. The minimum atomic E-state index is -1.51. The summed E-state index contributed by atoms with van der Waals surface area (Å²) in [6, 6.07) is 5.97. The predicted molar refractivity (Wildman–Crippen MR) is 428 cm³/mol. The Balaban J connectivity index is 0.00000249. The van der Waals surface area contributed by atoms with E-state index in [0.717, 1.165) is 7.06 Å². The number of rotatable bonds is 32. The van der Waals surface area contributed by atoms with E-state index in [1.807, 2.05) is 0 Å². The number of methoxy groups -OCH3 is 1. The molecule has 0 aromatic carbocycles. The van der Waals surface area contributed by atoms with Crippen molar-refractivity contribution in [3.63, 3.8) is 0 Å². The highest BCUT2D eigenvalue weighted by Crippen LogP contribution is 2.25. The van der Waals surface area contributed by atoms with Gasteiger partial charge in [0.15, 0.2) is 12.4 Å². The number of ether oxygens (including phenoxy) is 2. The molecule has 0 saturated carbocycles. The lowest BCUT2D eigenvalue weighted by atomic mass is 8.22. The normalized spacial score (nSPS) is 9.63. The summed E-state index contributed by atoms with van der Waals surface area (Å²) in [6.45, 7) is -0.210. The number of esters is 1. The van der Waals surface area contributed by atoms with Gasteiger partial charge in [-0.2, -0.15) is 0 Å². The van der Waals surface area contributed by atoms with Crippen LogP contribution in [0.25, 0.3) is 0 Å². The molecule has 0 atom stereocenters. The van der Waals surface area contributed by atoms with Crippen LogP contribution in [-0.2, 0) is 9.53 Å². The average molecular weight is 1010 g/mol. The molecule has 2 aromatic rings. The molecule has 301 valence electrons. The largest absolute Gasteiger partial charge is 0.506 e. The summed E-state index contributed by atoms with van der Waals surface area (Å²) in [4.78, 5) is 14.3. The fourth-order valence-corrected chi connectivity index (χ4v) is 11.9. The topological polar surface area (TPSA) is 92.8 Å². The van der Waals surface area contributed by atoms with Gasteiger partial charge in [-0.3, -0.25) is 5.21 Å². The summed E-state index contributed by atoms with van der Waals surface area (Å²) in [5.74, 6) is -0.0406. The van der Waals surface area contributed by atoms with E-state index in [1.165, 1.54) is 43.8 Å². The molecular weight excluding hydrogens is 995 g/mol. The maximum atomic E-state index is 10.7. The molecule has 0 aliphatic carbocycles. The molecule has 0 saturated heterocycles. The predicted octanol–water partition coefficient (Wildman–Crippen LogP) is -21.4. The third-order valence-electron chi connectivity index (χ3n) is 14.8. The van der Waals surface area contributed by atoms with Gasteiger partial charge in [-0.1, -0.05) is 11.6 Å². The molecule has 0 bridgehead atoms. The van der Waals surface area contributed by atoms with Crippen molar-refractivity contribution in [3.05, 3.63) is 47.0 Å². The molecule has 7 nitrogen and oxygen atoms in total. The van der Waals surface area contributed by atoms with Gasteiger partial charge in [0.2, 0.25) is 0 Å². The van der Waals surface area contributed by atoms with E-state index >= 15 is 0 Å². The van der Waals surface area contributed by atoms with Gasteiger partial charge in [0, 0.05) is 443 Å². The molecule has 0 fully saturated rings. The van der Waals surface area contributed by atoms with E-state index in [2.05, 4.69) is 9.72 Å². The van der Waals surface area contributed by atoms with Crippen LogP contribution in [0.4, 0.5) is 0 Å². The third kappa shape index (κ3) is 26.3. The second-order valence-electron chi connectivity index (χ2n) is 20.7. The number of aromatic hydroxyl groups is 1. The fraction of sp³-hybridized carbons (Fsp3) is 0.154. The monoisotopic (exact) mass is 1020 g/mol. The highest BCUT2D eigenvalue weighted by molar-refractivity contribution is 8.38. The highest BCUT2D eigenvalue weighted by Gasteiger charge is 2.62. The fourth-order valence-electron chi connectivity index (χ4n) is 11.6. The average Bonchev–Trinajstić information content (AvgIpc) is 3.54. The molecule has 2 N–H and O–H groups in total. The summed E-state index contributed by atoms with van der Waals surface area (Å²) >= 11 is 10.9. The second kappa shape index (κ2) is 41.3. The van der Waals surface area contributed by atoms with Gasteiger partial charge in [0.1, 0.15) is 10.9 Å². The highest BCUT2D eigenvalue weighted by atomic mass is 35.5. The van der Waals surface area contributed by atoms with Crippen molar-refractivity contribution in [2.24, 2.45) is 0 Å². The second-order valence-corrected chi connectivity index (χ2v) is 21.4. The zero-order valence-corrected chi connectivity index (χ0v) is 48.2. The van der Waals surface area contributed by atoms with Crippen molar-refractivity contribution in [2.75, 3.05) is 13.7 Å². The van der Waals surface area contributed by atoms with E-state index < -0.39 is 191 Å². The number of nitrogens with zero attached hydrogens (tertiary/aromatic N) is 2. The number of halogens is 2. The number of pyridine rings is 2. The maximum absolute atomic E-state index is 10.7. The number of aromatic nitrogens is 2. The maximum Gasteiger partial charge on any atom is 0.343 e. The van der Waals surface area contributed by atoms with Gasteiger partial charge in [0.05, 0.1) is 13.3 Å². The van der Waals surface area contributed by atoms with Crippen molar-refractivity contribution < 1.29 is 29.3 Å². The Bertz CT molecular complexity index is 1890. The Hall–Kier alpha value is 1.71. The summed E-state index contributed by atoms with van der Waals surface area (Å²) in [6.07, 6.45) is -38.6. The van der Waals surface area contributed by atoms with Gasteiger partial charge in [-0.15, -0.1) is 0 Å². The van der Waals surface area contributed by atoms with Crippen LogP contribution >= 0.6 is 23.2 Å². The number of hydrogen-bond acceptors (Lipinski definition) is 6. The standard InChI is InChI=1S/C8H9ClNO4.C5H4ClNO.B61/c1-13-8(11)5-14-6-2-3-7(9)10(12)4-6;6-5-2-1-4(8)3-7-5;1-32-48(33(2)3)56(49(34(4)5)35(6)7)60(57(50(36(8)9)37(10)11)51(38(12)13)39(14)15)61(58(52(40(16)17)41(18)19)53(42(20)21)43(22)23)59(54(44(24)25)45(26)27)55(46(28)29)47(30)31/h2-4,12H,5H2,1H3;1-3,8H;/q+1;;. The van der Waals surface area contributed by atoms with Crippen molar-refractivity contribution in [1.29, 1.82) is 0 Å². The third-order valence-corrected chi connectivity index (χ3v) is 15.3. The summed E-state index contributed by atoms with van der Waals surface area (Å²) in [5.41, 5.74) is 0. The molecule has 83 heavy (non-hydrogen) atoms. The van der Waals surface area contributed by atoms with Crippen LogP contribution in [0.3, 0.4) is 0 Å². The molecule has 70 heteroatoms. The van der Waals surface area contributed by atoms with E-state index in [4.69, 9.17) is 278 Å². The minimum absolute atomic E-state index is 0.134. The Morgan fingerprint density at radius 3 is 0.952 bits per heavy atom. The van der Waals surface area contributed by atoms with Crippen LogP contribution < -0.4 is 9.47 Å². The minimum Gasteiger partial charge on any atom is -0.506 e. The molecule has 0 spiro atoms. The number of hydrogen-bond donors (Lipinski definition) is 2. The van der Waals surface area contributed by atoms with Crippen LogP contribution in [0.5, 0.6) is 11.5 Å². The summed E-state index contributed by atoms with van der Waals surface area (Å²) in [5, 5.41) is 18.3. The molecule has 0 aliphatic heterocycles. The van der Waals surface area contributed by atoms with Crippen molar-refractivity contribution in [1.82, 2.24) is 4.98 Å². The summed E-state index contributed by atoms with van der Waals surface area (Å²) in [7, 11) is 207. The molecule has 0 aliphatic rings. The number of carbonyl (C=O) groups is 1. The van der Waals surface area contributed by atoms with Crippen molar-refractivity contribution >= 4 is 461 Å². The van der Waals surface area contributed by atoms with Crippen molar-refractivity contribution in [3.8, 4) is 11.5 Å². The van der Waals surface area contributed by atoms with Gasteiger partial charge in [-0.25, -0.2) is 9.78 Å². The zero-order chi connectivity index (χ0) is 65.0. The quantitative estimate of drug-likeness (QED) is 0.0249. The first-order valence-electron chi connectivity index (χ1n) is 25.8. The van der Waals surface area contributed by atoms with Gasteiger partial charge in [-0.05, 0) is 29.8 Å². The summed E-state index contributed by atoms with van der Waals surface area (Å²) < 4.78 is 10.0. The molecule has 0 unspecified atom stereocenters.